The molecule has 1 heteroatoms. The summed E-state index contributed by atoms with van der Waals surface area (Å²) in [5, 5.41) is 0. The molecule has 1 aliphatic heterocycles. The van der Waals surface area contributed by atoms with E-state index < -0.39 is 0 Å². The maximum atomic E-state index is 2.50. The third-order valence-corrected chi connectivity index (χ3v) is 3.89. The number of hydrogen-bond acceptors (Lipinski definition) is 1. The third-order valence-electron chi connectivity index (χ3n) is 3.89. The van der Waals surface area contributed by atoms with Gasteiger partial charge in [-0.2, -0.15) is 0 Å². The predicted molar refractivity (Wildman–Crippen MR) is 83.1 cm³/mol. The molecule has 0 fully saturated rings. The minimum Gasteiger partial charge on any atom is -0.341 e. The van der Waals surface area contributed by atoms with Gasteiger partial charge in [0.15, 0.2) is 0 Å². The monoisotopic (exact) mass is 251 g/mol. The van der Waals surface area contributed by atoms with E-state index in [0.29, 0.717) is 0 Å². The lowest BCUT2D eigenvalue weighted by Gasteiger charge is -2.34. The largest absolute Gasteiger partial charge is 0.341 e. The van der Waals surface area contributed by atoms with Crippen molar-refractivity contribution in [3.05, 3.63) is 59.3 Å². The van der Waals surface area contributed by atoms with Crippen LogP contribution in [-0.4, -0.2) is 6.54 Å². The Labute approximate surface area is 115 Å². The number of rotatable bonds is 4. The number of nitrogens with zero attached hydrogens (tertiary/aromatic N) is 1. The van der Waals surface area contributed by atoms with Crippen molar-refractivity contribution in [3.8, 4) is 0 Å². The van der Waals surface area contributed by atoms with E-state index in [0.717, 1.165) is 13.0 Å². The van der Waals surface area contributed by atoms with Gasteiger partial charge in [-0.25, -0.2) is 0 Å². The summed E-state index contributed by atoms with van der Waals surface area (Å²) in [5.74, 6) is 0. The third kappa shape index (κ3) is 2.37. The van der Waals surface area contributed by atoms with E-state index in [1.165, 1.54) is 41.8 Å². The second kappa shape index (κ2) is 5.48. The zero-order chi connectivity index (χ0) is 13.1. The van der Waals surface area contributed by atoms with Crippen molar-refractivity contribution in [2.45, 2.75) is 32.6 Å². The van der Waals surface area contributed by atoms with Crippen LogP contribution in [0, 0.1) is 0 Å². The first-order chi connectivity index (χ1) is 9.40. The van der Waals surface area contributed by atoms with Crippen LogP contribution in [-0.2, 0) is 0 Å². The predicted octanol–water partition coefficient (Wildman–Crippen LogP) is 4.92. The number of allylic oxidation sites excluding steroid dienone is 4. The van der Waals surface area contributed by atoms with Crippen LogP contribution >= 0.6 is 0 Å². The van der Waals surface area contributed by atoms with Crippen LogP contribution in [0.5, 0.6) is 0 Å². The zero-order valence-electron chi connectivity index (χ0n) is 11.6. The Morgan fingerprint density at radius 3 is 2.95 bits per heavy atom. The molecular weight excluding hydrogens is 230 g/mol. The van der Waals surface area contributed by atoms with E-state index in [2.05, 4.69) is 60.4 Å². The van der Waals surface area contributed by atoms with Crippen molar-refractivity contribution in [1.29, 1.82) is 0 Å². The number of unbranched alkanes of at least 4 members (excludes halogenated alkanes) is 2. The van der Waals surface area contributed by atoms with Crippen LogP contribution in [0.1, 0.15) is 38.2 Å². The highest BCUT2D eigenvalue weighted by molar-refractivity contribution is 5.80. The molecule has 1 aromatic carbocycles. The van der Waals surface area contributed by atoms with E-state index in [1.807, 2.05) is 0 Å². The average molecular weight is 251 g/mol. The maximum Gasteiger partial charge on any atom is 0.0484 e. The molecule has 0 saturated heterocycles. The van der Waals surface area contributed by atoms with E-state index in [4.69, 9.17) is 0 Å². The number of anilines is 1. The van der Waals surface area contributed by atoms with E-state index >= 15 is 0 Å². The maximum absolute atomic E-state index is 2.50. The molecule has 0 N–H and O–H groups in total. The summed E-state index contributed by atoms with van der Waals surface area (Å²) >= 11 is 0. The Morgan fingerprint density at radius 2 is 2.05 bits per heavy atom. The van der Waals surface area contributed by atoms with Crippen LogP contribution in [0.3, 0.4) is 0 Å². The van der Waals surface area contributed by atoms with E-state index in [-0.39, 0.29) is 0 Å². The summed E-state index contributed by atoms with van der Waals surface area (Å²) in [4.78, 5) is 2.50. The second-order valence-electron chi connectivity index (χ2n) is 5.27. The molecule has 0 bridgehead atoms. The molecule has 3 rings (SSSR count). The molecule has 0 aromatic heterocycles. The minimum absolute atomic E-state index is 1.06. The van der Waals surface area contributed by atoms with Crippen molar-refractivity contribution in [3.63, 3.8) is 0 Å². The standard InChI is InChI=1S/C18H21N/c1-2-3-8-13-19-17-11-6-4-9-15(17)14-16-10-5-7-12-18(16)19/h4-7,9,11-12,14H,2-3,8,10,13H2,1H3. The molecule has 0 amide bonds. The number of benzene rings is 1. The van der Waals surface area contributed by atoms with Crippen molar-refractivity contribution >= 4 is 11.8 Å². The Kier molecular flexibility index (Phi) is 3.54. The Hall–Kier alpha value is -1.76. The van der Waals surface area contributed by atoms with Gasteiger partial charge in [0.05, 0.1) is 0 Å². The van der Waals surface area contributed by atoms with Crippen LogP contribution in [0.2, 0.25) is 0 Å². The fourth-order valence-electron chi connectivity index (χ4n) is 2.90. The number of hydrogen-bond donors (Lipinski definition) is 0. The second-order valence-corrected chi connectivity index (χ2v) is 5.27. The van der Waals surface area contributed by atoms with Crippen molar-refractivity contribution < 1.29 is 0 Å². The Balaban J connectivity index is 1.96. The highest BCUT2D eigenvalue weighted by atomic mass is 15.1. The first-order valence-corrected chi connectivity index (χ1v) is 7.34. The molecule has 2 aliphatic rings. The molecule has 1 heterocycles. The average Bonchev–Trinajstić information content (AvgIpc) is 2.46. The van der Waals surface area contributed by atoms with Gasteiger partial charge in [-0.3, -0.25) is 0 Å². The summed E-state index contributed by atoms with van der Waals surface area (Å²) in [6.45, 7) is 3.39. The Bertz CT molecular complexity index is 549. The molecule has 98 valence electrons. The smallest absolute Gasteiger partial charge is 0.0484 e. The van der Waals surface area contributed by atoms with Gasteiger partial charge in [-0.05, 0) is 42.2 Å². The molecule has 1 aromatic rings. The molecule has 0 saturated carbocycles. The van der Waals surface area contributed by atoms with Gasteiger partial charge in [-0.1, -0.05) is 50.1 Å². The van der Waals surface area contributed by atoms with Crippen LogP contribution in [0.15, 0.2) is 53.8 Å². The van der Waals surface area contributed by atoms with Crippen LogP contribution in [0.25, 0.3) is 6.08 Å². The topological polar surface area (TPSA) is 3.24 Å². The molecular formula is C18H21N. The van der Waals surface area contributed by atoms with Crippen LogP contribution in [0.4, 0.5) is 5.69 Å². The van der Waals surface area contributed by atoms with Gasteiger partial charge in [0.1, 0.15) is 0 Å². The highest BCUT2D eigenvalue weighted by Crippen LogP contribution is 2.37. The van der Waals surface area contributed by atoms with Gasteiger partial charge in [0.2, 0.25) is 0 Å². The van der Waals surface area contributed by atoms with Crippen molar-refractivity contribution in [1.82, 2.24) is 0 Å². The molecule has 1 nitrogen and oxygen atoms in total. The lowest BCUT2D eigenvalue weighted by Crippen LogP contribution is -2.28. The summed E-state index contributed by atoms with van der Waals surface area (Å²) < 4.78 is 0. The normalized spacial score (nSPS) is 16.6. The lowest BCUT2D eigenvalue weighted by atomic mass is 9.94. The fourth-order valence-corrected chi connectivity index (χ4v) is 2.90. The van der Waals surface area contributed by atoms with E-state index in [9.17, 15) is 0 Å². The first kappa shape index (κ1) is 12.3. The Morgan fingerprint density at radius 1 is 1.16 bits per heavy atom. The SMILES string of the molecule is CCCCCN1C2=CC=CCC2=Cc2ccccc21. The number of fused-ring (bicyclic) bond motifs is 2. The molecule has 0 radical (unpaired) electrons. The van der Waals surface area contributed by atoms with Crippen molar-refractivity contribution in [2.75, 3.05) is 11.4 Å². The summed E-state index contributed by atoms with van der Waals surface area (Å²) in [5.41, 5.74) is 5.58. The molecule has 0 unspecified atom stereocenters. The molecule has 19 heavy (non-hydrogen) atoms. The quantitative estimate of drug-likeness (QED) is 0.686. The molecule has 0 atom stereocenters. The van der Waals surface area contributed by atoms with E-state index in [1.54, 1.807) is 0 Å². The first-order valence-electron chi connectivity index (χ1n) is 7.34. The van der Waals surface area contributed by atoms with Gasteiger partial charge >= 0.3 is 0 Å². The molecule has 1 aliphatic carbocycles. The zero-order valence-corrected chi connectivity index (χ0v) is 11.6. The minimum atomic E-state index is 1.06. The molecule has 0 spiro atoms. The highest BCUT2D eigenvalue weighted by Gasteiger charge is 2.22. The fraction of sp³-hybridized carbons (Fsp3) is 0.333. The van der Waals surface area contributed by atoms with Gasteiger partial charge in [0.25, 0.3) is 0 Å². The van der Waals surface area contributed by atoms with Gasteiger partial charge in [-0.15, -0.1) is 0 Å². The summed E-state index contributed by atoms with van der Waals surface area (Å²) in [6, 6.07) is 8.75. The van der Waals surface area contributed by atoms with Gasteiger partial charge < -0.3 is 4.90 Å². The lowest BCUT2D eigenvalue weighted by molar-refractivity contribution is 0.704. The summed E-state index contributed by atoms with van der Waals surface area (Å²) in [7, 11) is 0. The van der Waals surface area contributed by atoms with Crippen molar-refractivity contribution in [2.24, 2.45) is 0 Å². The van der Waals surface area contributed by atoms with Crippen LogP contribution < -0.4 is 4.90 Å². The number of para-hydroxylation sites is 1. The summed E-state index contributed by atoms with van der Waals surface area (Å²) in [6.07, 6.45) is 13.9. The van der Waals surface area contributed by atoms with Gasteiger partial charge in [0, 0.05) is 17.9 Å².